The van der Waals surface area contributed by atoms with E-state index in [0.717, 1.165) is 10.4 Å². The maximum absolute atomic E-state index is 13.5. The third-order valence-electron chi connectivity index (χ3n) is 5.07. The van der Waals surface area contributed by atoms with E-state index in [1.165, 1.54) is 16.2 Å². The molecule has 30 heavy (non-hydrogen) atoms. The lowest BCUT2D eigenvalue weighted by Gasteiger charge is -2.25. The average molecular weight is 419 g/mol. The first-order chi connectivity index (χ1) is 14.6. The second-order valence-corrected chi connectivity index (χ2v) is 7.79. The topological polar surface area (TPSA) is 49.9 Å². The fourth-order valence-electron chi connectivity index (χ4n) is 3.57. The lowest BCUT2D eigenvalue weighted by Crippen LogP contribution is -2.35. The highest BCUT2D eigenvalue weighted by atomic mass is 32.1. The van der Waals surface area contributed by atoms with Crippen LogP contribution in [0.5, 0.6) is 5.75 Å². The van der Waals surface area contributed by atoms with Crippen molar-refractivity contribution in [2.75, 3.05) is 18.6 Å². The summed E-state index contributed by atoms with van der Waals surface area (Å²) in [7, 11) is 1.58. The third-order valence-corrected chi connectivity index (χ3v) is 5.96. The molecule has 0 atom stereocenters. The van der Waals surface area contributed by atoms with E-state index in [9.17, 15) is 9.59 Å². The summed E-state index contributed by atoms with van der Waals surface area (Å²) in [6, 6.07) is 20.7. The summed E-state index contributed by atoms with van der Waals surface area (Å²) in [4.78, 5) is 31.0. The van der Waals surface area contributed by atoms with Crippen molar-refractivity contribution >= 4 is 34.4 Å². The Morgan fingerprint density at radius 2 is 1.67 bits per heavy atom. The van der Waals surface area contributed by atoms with Crippen molar-refractivity contribution in [2.45, 2.75) is 13.5 Å². The van der Waals surface area contributed by atoms with Crippen LogP contribution in [0.4, 0.5) is 5.69 Å². The van der Waals surface area contributed by atoms with Crippen LogP contribution in [0.1, 0.15) is 17.4 Å². The van der Waals surface area contributed by atoms with Gasteiger partial charge >= 0.3 is 0 Å². The number of anilines is 1. The smallest absolute Gasteiger partial charge is 0.282 e. The number of nitrogens with zero attached hydrogens (tertiary/aromatic N) is 2. The van der Waals surface area contributed by atoms with Crippen LogP contribution >= 0.6 is 11.3 Å². The Morgan fingerprint density at radius 1 is 0.933 bits per heavy atom. The zero-order valence-corrected chi connectivity index (χ0v) is 17.7. The van der Waals surface area contributed by atoms with Crippen LogP contribution in [0.2, 0.25) is 0 Å². The number of thiophene rings is 1. The Labute approximate surface area is 179 Å². The predicted octanol–water partition coefficient (Wildman–Crippen LogP) is 4.56. The predicted molar refractivity (Wildman–Crippen MR) is 119 cm³/mol. The van der Waals surface area contributed by atoms with Gasteiger partial charge in [-0.1, -0.05) is 36.4 Å². The van der Waals surface area contributed by atoms with E-state index in [1.807, 2.05) is 59.7 Å². The summed E-state index contributed by atoms with van der Waals surface area (Å²) >= 11 is 1.46. The van der Waals surface area contributed by atoms with Gasteiger partial charge in [0, 0.05) is 18.0 Å². The van der Waals surface area contributed by atoms with Crippen molar-refractivity contribution in [3.05, 3.63) is 88.2 Å². The number of benzene rings is 2. The molecule has 152 valence electrons. The molecule has 2 heterocycles. The number of methoxy groups -OCH3 is 1. The quantitative estimate of drug-likeness (QED) is 0.528. The zero-order valence-electron chi connectivity index (χ0n) is 16.9. The molecule has 2 aromatic carbocycles. The average Bonchev–Trinajstić information content (AvgIpc) is 3.39. The minimum Gasteiger partial charge on any atom is -0.497 e. The number of carbonyl (C=O) groups is 2. The minimum atomic E-state index is -0.300. The highest BCUT2D eigenvalue weighted by Gasteiger charge is 2.42. The number of ether oxygens (including phenoxy) is 1. The van der Waals surface area contributed by atoms with Gasteiger partial charge in [-0.15, -0.1) is 11.3 Å². The first-order valence-electron chi connectivity index (χ1n) is 9.74. The first-order valence-corrected chi connectivity index (χ1v) is 10.6. The van der Waals surface area contributed by atoms with E-state index in [0.29, 0.717) is 35.8 Å². The van der Waals surface area contributed by atoms with Gasteiger partial charge in [-0.3, -0.25) is 9.59 Å². The molecule has 6 heteroatoms. The van der Waals surface area contributed by atoms with Gasteiger partial charge < -0.3 is 9.64 Å². The minimum absolute atomic E-state index is 0.297. The molecule has 0 unspecified atom stereocenters. The number of hydrogen-bond acceptors (Lipinski definition) is 5. The van der Waals surface area contributed by atoms with E-state index in [4.69, 9.17) is 4.74 Å². The van der Waals surface area contributed by atoms with Crippen LogP contribution in [-0.4, -0.2) is 30.4 Å². The lowest BCUT2D eigenvalue weighted by molar-refractivity contribution is -0.120. The second kappa shape index (κ2) is 8.55. The molecule has 0 N–H and O–H groups in total. The van der Waals surface area contributed by atoms with Gasteiger partial charge in [0.15, 0.2) is 0 Å². The first kappa shape index (κ1) is 19.9. The van der Waals surface area contributed by atoms with Crippen molar-refractivity contribution < 1.29 is 14.3 Å². The molecule has 0 bridgehead atoms. The molecular formula is C24H22N2O3S. The highest BCUT2D eigenvalue weighted by molar-refractivity contribution is 7.11. The Kier molecular flexibility index (Phi) is 5.68. The van der Waals surface area contributed by atoms with Crippen LogP contribution in [0.3, 0.4) is 0 Å². The van der Waals surface area contributed by atoms with Gasteiger partial charge in [0.2, 0.25) is 0 Å². The van der Waals surface area contributed by atoms with Gasteiger partial charge in [-0.05, 0) is 48.2 Å². The maximum atomic E-state index is 13.5. The van der Waals surface area contributed by atoms with Crippen LogP contribution < -0.4 is 9.64 Å². The SMILES string of the molecule is CCN(Cc1ccccc1)C1=C(c2cccs2)C(=O)N(c2ccc(OC)cc2)C1=O. The number of carbonyl (C=O) groups excluding carboxylic acids is 2. The summed E-state index contributed by atoms with van der Waals surface area (Å²) in [6.45, 7) is 3.15. The Hall–Kier alpha value is -3.38. The summed E-state index contributed by atoms with van der Waals surface area (Å²) in [5.41, 5.74) is 2.53. The van der Waals surface area contributed by atoms with Crippen molar-refractivity contribution in [3.8, 4) is 5.75 Å². The number of amides is 2. The van der Waals surface area contributed by atoms with E-state index in [1.54, 1.807) is 31.4 Å². The Bertz CT molecular complexity index is 1070. The molecule has 0 spiro atoms. The molecule has 4 rings (SSSR count). The van der Waals surface area contributed by atoms with E-state index in [-0.39, 0.29) is 11.8 Å². The molecule has 1 aromatic heterocycles. The molecule has 1 aliphatic rings. The summed E-state index contributed by atoms with van der Waals surface area (Å²) in [5.74, 6) is 0.0734. The van der Waals surface area contributed by atoms with E-state index >= 15 is 0 Å². The fraction of sp³-hybridized carbons (Fsp3) is 0.167. The Balaban J connectivity index is 1.77. The molecule has 2 amide bonds. The fourth-order valence-corrected chi connectivity index (χ4v) is 4.34. The summed E-state index contributed by atoms with van der Waals surface area (Å²) in [6.07, 6.45) is 0. The van der Waals surface area contributed by atoms with Gasteiger partial charge in [0.25, 0.3) is 11.8 Å². The van der Waals surface area contributed by atoms with Crippen LogP contribution in [0.25, 0.3) is 5.57 Å². The monoisotopic (exact) mass is 418 g/mol. The number of likely N-dealkylation sites (N-methyl/N-ethyl adjacent to an activating group) is 1. The molecule has 0 fully saturated rings. The van der Waals surface area contributed by atoms with Gasteiger partial charge in [-0.2, -0.15) is 0 Å². The van der Waals surface area contributed by atoms with Crippen molar-refractivity contribution in [2.24, 2.45) is 0 Å². The summed E-state index contributed by atoms with van der Waals surface area (Å²) in [5, 5.41) is 1.92. The molecule has 1 aliphatic heterocycles. The van der Waals surface area contributed by atoms with Gasteiger partial charge in [0.05, 0.1) is 18.4 Å². The second-order valence-electron chi connectivity index (χ2n) is 6.84. The number of hydrogen-bond donors (Lipinski definition) is 0. The summed E-state index contributed by atoms with van der Waals surface area (Å²) < 4.78 is 5.20. The third kappa shape index (κ3) is 3.62. The molecule has 0 saturated carbocycles. The van der Waals surface area contributed by atoms with E-state index < -0.39 is 0 Å². The van der Waals surface area contributed by atoms with Crippen LogP contribution in [0.15, 0.2) is 77.8 Å². The van der Waals surface area contributed by atoms with Crippen LogP contribution in [-0.2, 0) is 16.1 Å². The van der Waals surface area contributed by atoms with Crippen LogP contribution in [0, 0.1) is 0 Å². The normalized spacial score (nSPS) is 13.9. The maximum Gasteiger partial charge on any atom is 0.282 e. The van der Waals surface area contributed by atoms with Crippen molar-refractivity contribution in [1.29, 1.82) is 0 Å². The molecule has 0 aliphatic carbocycles. The molecule has 5 nitrogen and oxygen atoms in total. The number of imide groups is 1. The lowest BCUT2D eigenvalue weighted by atomic mass is 10.1. The van der Waals surface area contributed by atoms with Crippen molar-refractivity contribution in [3.63, 3.8) is 0 Å². The molecular weight excluding hydrogens is 396 g/mol. The Morgan fingerprint density at radius 3 is 2.27 bits per heavy atom. The largest absolute Gasteiger partial charge is 0.497 e. The van der Waals surface area contributed by atoms with Crippen molar-refractivity contribution in [1.82, 2.24) is 4.90 Å². The molecule has 0 radical (unpaired) electrons. The zero-order chi connectivity index (χ0) is 21.1. The standard InChI is InChI=1S/C24H22N2O3S/c1-3-25(16-17-8-5-4-6-9-17)22-21(20-10-7-15-30-20)23(27)26(24(22)28)18-11-13-19(29-2)14-12-18/h4-15H,3,16H2,1-2H3. The number of rotatable bonds is 7. The molecule has 0 saturated heterocycles. The van der Waals surface area contributed by atoms with E-state index in [2.05, 4.69) is 0 Å². The van der Waals surface area contributed by atoms with Gasteiger partial charge in [0.1, 0.15) is 11.4 Å². The van der Waals surface area contributed by atoms with Gasteiger partial charge in [-0.25, -0.2) is 4.90 Å². The highest BCUT2D eigenvalue weighted by Crippen LogP contribution is 2.37. The molecule has 3 aromatic rings.